The zero-order valence-electron chi connectivity index (χ0n) is 15.4. The van der Waals surface area contributed by atoms with E-state index in [4.69, 9.17) is 44.3 Å². The Morgan fingerprint density at radius 2 is 1.93 bits per heavy atom. The van der Waals surface area contributed by atoms with E-state index in [-0.39, 0.29) is 4.91 Å². The van der Waals surface area contributed by atoms with Gasteiger partial charge in [-0.3, -0.25) is 14.5 Å². The van der Waals surface area contributed by atoms with Crippen molar-refractivity contribution in [3.8, 4) is 5.75 Å². The quantitative estimate of drug-likeness (QED) is 0.346. The predicted octanol–water partition coefficient (Wildman–Crippen LogP) is 4.32. The SMILES string of the molecule is C=CCOc1ccccc1/C=C1/SC(=O)N(C(N2CCOCC2)C(Cl)(Cl)Cl)C1=O. The van der Waals surface area contributed by atoms with Gasteiger partial charge in [0.25, 0.3) is 11.1 Å². The molecule has 10 heteroatoms. The summed E-state index contributed by atoms with van der Waals surface area (Å²) in [5, 5.41) is -0.492. The molecule has 0 aromatic heterocycles. The van der Waals surface area contributed by atoms with E-state index in [9.17, 15) is 9.59 Å². The largest absolute Gasteiger partial charge is 0.489 e. The summed E-state index contributed by atoms with van der Waals surface area (Å²) in [5.74, 6) is 0.0617. The monoisotopic (exact) mass is 476 g/mol. The number of halogens is 3. The summed E-state index contributed by atoms with van der Waals surface area (Å²) in [7, 11) is 0. The molecule has 0 N–H and O–H groups in total. The van der Waals surface area contributed by atoms with Crippen LogP contribution in [0.4, 0.5) is 4.79 Å². The van der Waals surface area contributed by atoms with Gasteiger partial charge in [0.1, 0.15) is 18.5 Å². The first-order chi connectivity index (χ1) is 13.8. The maximum absolute atomic E-state index is 13.1. The van der Waals surface area contributed by atoms with E-state index in [1.165, 1.54) is 0 Å². The third-order valence-electron chi connectivity index (χ3n) is 4.31. The molecule has 0 radical (unpaired) electrons. The number of nitrogens with zero attached hydrogens (tertiary/aromatic N) is 2. The zero-order valence-corrected chi connectivity index (χ0v) is 18.4. The van der Waals surface area contributed by atoms with E-state index in [1.807, 2.05) is 12.1 Å². The second-order valence-electron chi connectivity index (χ2n) is 6.25. The maximum Gasteiger partial charge on any atom is 0.295 e. The molecule has 1 aromatic carbocycles. The van der Waals surface area contributed by atoms with E-state index < -0.39 is 21.1 Å². The smallest absolute Gasteiger partial charge is 0.295 e. The van der Waals surface area contributed by atoms with Gasteiger partial charge in [0.2, 0.25) is 3.79 Å². The number of para-hydroxylation sites is 1. The first-order valence-corrected chi connectivity index (χ1v) is 10.8. The van der Waals surface area contributed by atoms with Crippen LogP contribution in [0.1, 0.15) is 5.56 Å². The molecule has 2 aliphatic rings. The molecule has 2 heterocycles. The lowest BCUT2D eigenvalue weighted by Gasteiger charge is -2.41. The highest BCUT2D eigenvalue weighted by molar-refractivity contribution is 8.18. The van der Waals surface area contributed by atoms with Crippen LogP contribution in [0.3, 0.4) is 0 Å². The maximum atomic E-state index is 13.1. The van der Waals surface area contributed by atoms with Crippen LogP contribution in [0.25, 0.3) is 6.08 Å². The van der Waals surface area contributed by atoms with Gasteiger partial charge in [-0.2, -0.15) is 0 Å². The molecule has 1 atom stereocenters. The Morgan fingerprint density at radius 1 is 1.24 bits per heavy atom. The molecule has 2 saturated heterocycles. The zero-order chi connectivity index (χ0) is 21.0. The molecule has 1 unspecified atom stereocenters. The summed E-state index contributed by atoms with van der Waals surface area (Å²) < 4.78 is 9.07. The molecule has 2 aliphatic heterocycles. The Kier molecular flexibility index (Phi) is 7.53. The number of amides is 2. The highest BCUT2D eigenvalue weighted by atomic mass is 35.6. The van der Waals surface area contributed by atoms with Crippen molar-refractivity contribution in [3.05, 3.63) is 47.4 Å². The average molecular weight is 478 g/mol. The normalized spacial score (nSPS) is 20.9. The van der Waals surface area contributed by atoms with Crippen molar-refractivity contribution in [2.45, 2.75) is 9.96 Å². The molecule has 0 bridgehead atoms. The summed E-state index contributed by atoms with van der Waals surface area (Å²) in [4.78, 5) is 28.8. The van der Waals surface area contributed by atoms with Crippen molar-refractivity contribution < 1.29 is 19.1 Å². The molecule has 6 nitrogen and oxygen atoms in total. The first-order valence-electron chi connectivity index (χ1n) is 8.81. The van der Waals surface area contributed by atoms with Crippen molar-refractivity contribution in [1.29, 1.82) is 0 Å². The van der Waals surface area contributed by atoms with Crippen LogP contribution in [-0.2, 0) is 9.53 Å². The Bertz CT molecular complexity index is 822. The number of morpholine rings is 1. The van der Waals surface area contributed by atoms with Crippen LogP contribution >= 0.6 is 46.6 Å². The fraction of sp³-hybridized carbons (Fsp3) is 0.368. The number of hydrogen-bond donors (Lipinski definition) is 0. The summed E-state index contributed by atoms with van der Waals surface area (Å²) in [6.45, 7) is 5.68. The van der Waals surface area contributed by atoms with Gasteiger partial charge in [-0.1, -0.05) is 65.7 Å². The Balaban J connectivity index is 1.90. The lowest BCUT2D eigenvalue weighted by Crippen LogP contribution is -2.59. The number of benzene rings is 1. The number of thioether (sulfide) groups is 1. The minimum atomic E-state index is -1.87. The molecule has 2 amide bonds. The van der Waals surface area contributed by atoms with Crippen LogP contribution in [0.2, 0.25) is 0 Å². The minimum absolute atomic E-state index is 0.233. The van der Waals surface area contributed by atoms with Gasteiger partial charge >= 0.3 is 0 Å². The summed E-state index contributed by atoms with van der Waals surface area (Å²) in [6.07, 6.45) is 2.21. The van der Waals surface area contributed by atoms with E-state index in [2.05, 4.69) is 6.58 Å². The molecule has 0 spiro atoms. The molecule has 2 fully saturated rings. The number of imide groups is 1. The van der Waals surface area contributed by atoms with Crippen molar-refractivity contribution in [2.75, 3.05) is 32.9 Å². The average Bonchev–Trinajstić information content (AvgIpc) is 2.95. The van der Waals surface area contributed by atoms with E-state index in [1.54, 1.807) is 29.2 Å². The second-order valence-corrected chi connectivity index (χ2v) is 9.61. The van der Waals surface area contributed by atoms with Gasteiger partial charge in [-0.25, -0.2) is 4.90 Å². The summed E-state index contributed by atoms with van der Waals surface area (Å²) in [5.41, 5.74) is 0.664. The van der Waals surface area contributed by atoms with Gasteiger partial charge in [0.15, 0.2) is 0 Å². The molecule has 3 rings (SSSR count). The molecular formula is C19H19Cl3N2O4S. The standard InChI is InChI=1S/C19H19Cl3N2O4S/c1-2-9-28-14-6-4-3-5-13(14)12-15-16(25)24(18(26)29-15)17(19(20,21)22)23-7-10-27-11-8-23/h2-6,12,17H,1,7-11H2/b15-12+. The van der Waals surface area contributed by atoms with Crippen LogP contribution in [-0.4, -0.2) is 63.8 Å². The highest BCUT2D eigenvalue weighted by Gasteiger charge is 2.50. The highest BCUT2D eigenvalue weighted by Crippen LogP contribution is 2.42. The molecular weight excluding hydrogens is 459 g/mol. The number of ether oxygens (including phenoxy) is 2. The molecule has 156 valence electrons. The topological polar surface area (TPSA) is 59.1 Å². The fourth-order valence-corrected chi connectivity index (χ4v) is 4.60. The molecule has 0 aliphatic carbocycles. The van der Waals surface area contributed by atoms with E-state index in [0.29, 0.717) is 44.2 Å². The van der Waals surface area contributed by atoms with Gasteiger partial charge < -0.3 is 9.47 Å². The first kappa shape index (κ1) is 22.5. The predicted molar refractivity (Wildman–Crippen MR) is 116 cm³/mol. The number of rotatable bonds is 6. The number of alkyl halides is 3. The second kappa shape index (κ2) is 9.73. The lowest BCUT2D eigenvalue weighted by atomic mass is 10.2. The van der Waals surface area contributed by atoms with Crippen molar-refractivity contribution in [1.82, 2.24) is 9.80 Å². The summed E-state index contributed by atoms with van der Waals surface area (Å²) in [6, 6.07) is 7.20. The minimum Gasteiger partial charge on any atom is -0.489 e. The van der Waals surface area contributed by atoms with Crippen LogP contribution in [0, 0.1) is 0 Å². The van der Waals surface area contributed by atoms with Gasteiger partial charge in [0.05, 0.1) is 18.1 Å². The van der Waals surface area contributed by atoms with Crippen LogP contribution in [0.5, 0.6) is 5.75 Å². The number of carbonyl (C=O) groups is 2. The van der Waals surface area contributed by atoms with Crippen molar-refractivity contribution >= 4 is 63.8 Å². The van der Waals surface area contributed by atoms with Crippen molar-refractivity contribution in [2.24, 2.45) is 0 Å². The fourth-order valence-electron chi connectivity index (χ4n) is 3.05. The van der Waals surface area contributed by atoms with Gasteiger partial charge in [-0.15, -0.1) is 0 Å². The number of hydrogen-bond acceptors (Lipinski definition) is 6. The molecule has 0 saturated carbocycles. The van der Waals surface area contributed by atoms with E-state index >= 15 is 0 Å². The number of carbonyl (C=O) groups excluding carboxylic acids is 2. The van der Waals surface area contributed by atoms with Crippen LogP contribution in [0.15, 0.2) is 41.8 Å². The third-order valence-corrected chi connectivity index (χ3v) is 5.78. The third kappa shape index (κ3) is 5.29. The molecule has 1 aromatic rings. The Hall–Kier alpha value is -1.22. The van der Waals surface area contributed by atoms with E-state index in [0.717, 1.165) is 16.7 Å². The van der Waals surface area contributed by atoms with Crippen molar-refractivity contribution in [3.63, 3.8) is 0 Å². The van der Waals surface area contributed by atoms with Gasteiger partial charge in [0, 0.05) is 18.7 Å². The molecule has 29 heavy (non-hydrogen) atoms. The Labute approximate surface area is 188 Å². The Morgan fingerprint density at radius 3 is 2.59 bits per heavy atom. The van der Waals surface area contributed by atoms with Gasteiger partial charge in [-0.05, 0) is 23.9 Å². The lowest BCUT2D eigenvalue weighted by molar-refractivity contribution is -0.128. The van der Waals surface area contributed by atoms with Crippen LogP contribution < -0.4 is 4.74 Å². The summed E-state index contributed by atoms with van der Waals surface area (Å²) >= 11 is 19.3.